The van der Waals surface area contributed by atoms with Crippen LogP contribution in [0.15, 0.2) is 72.8 Å². The van der Waals surface area contributed by atoms with Crippen molar-refractivity contribution in [3.63, 3.8) is 0 Å². The molecule has 28 heavy (non-hydrogen) atoms. The van der Waals surface area contributed by atoms with Crippen LogP contribution in [0.3, 0.4) is 0 Å². The van der Waals surface area contributed by atoms with E-state index in [2.05, 4.69) is 116 Å². The molecule has 1 heterocycles. The first-order chi connectivity index (χ1) is 13.1. The third-order valence-electron chi connectivity index (χ3n) is 4.81. The van der Waals surface area contributed by atoms with Gasteiger partial charge in [-0.3, -0.25) is 0 Å². The van der Waals surface area contributed by atoms with E-state index in [4.69, 9.17) is 0 Å². The lowest BCUT2D eigenvalue weighted by Gasteiger charge is -2.11. The summed E-state index contributed by atoms with van der Waals surface area (Å²) < 4.78 is 3.61. The smallest absolute Gasteiger partial charge is 0.262 e. The van der Waals surface area contributed by atoms with Gasteiger partial charge in [-0.1, -0.05) is 66.0 Å². The average molecular weight is 498 g/mol. The fourth-order valence-corrected chi connectivity index (χ4v) is 4.42. The summed E-state index contributed by atoms with van der Waals surface area (Å²) in [5.41, 5.74) is 3.70. The lowest BCUT2D eigenvalue weighted by atomic mass is 10.1. The molecule has 0 amide bonds. The molecule has 0 aliphatic heterocycles. The molecule has 0 bridgehead atoms. The van der Waals surface area contributed by atoms with Crippen LogP contribution in [0.2, 0.25) is 0 Å². The van der Waals surface area contributed by atoms with Gasteiger partial charge >= 0.3 is 0 Å². The lowest BCUT2D eigenvalue weighted by molar-refractivity contribution is -0.642. The molecule has 0 aliphatic carbocycles. The monoisotopic (exact) mass is 498 g/mol. The van der Waals surface area contributed by atoms with E-state index in [-0.39, 0.29) is 24.0 Å². The quantitative estimate of drug-likeness (QED) is 0.239. The molecular formula is C24H23IN2S. The second-order valence-corrected chi connectivity index (χ2v) is 7.87. The summed E-state index contributed by atoms with van der Waals surface area (Å²) >= 11 is 1.84. The van der Waals surface area contributed by atoms with E-state index >= 15 is 0 Å². The molecular weight excluding hydrogens is 475 g/mol. The van der Waals surface area contributed by atoms with Gasteiger partial charge in [0.15, 0.2) is 0 Å². The molecule has 0 aliphatic rings. The summed E-state index contributed by atoms with van der Waals surface area (Å²) in [7, 11) is 6.25. The number of thiazole rings is 1. The third-order valence-corrected chi connectivity index (χ3v) is 6.06. The van der Waals surface area contributed by atoms with Gasteiger partial charge < -0.3 is 28.9 Å². The largest absolute Gasteiger partial charge is 1.00 e. The van der Waals surface area contributed by atoms with Gasteiger partial charge in [0.1, 0.15) is 11.7 Å². The van der Waals surface area contributed by atoms with Gasteiger partial charge in [0.2, 0.25) is 5.52 Å². The fraction of sp³-hybridized carbons (Fsp3) is 0.125. The number of hydrogen-bond acceptors (Lipinski definition) is 2. The van der Waals surface area contributed by atoms with Crippen molar-refractivity contribution in [2.75, 3.05) is 19.0 Å². The highest BCUT2D eigenvalue weighted by Crippen LogP contribution is 2.29. The van der Waals surface area contributed by atoms with Crippen molar-refractivity contribution in [3.05, 3.63) is 83.4 Å². The van der Waals surface area contributed by atoms with Crippen LogP contribution in [0.4, 0.5) is 5.69 Å². The number of halogens is 1. The molecule has 0 unspecified atom stereocenters. The van der Waals surface area contributed by atoms with E-state index in [1.54, 1.807) is 0 Å². The Labute approximate surface area is 187 Å². The van der Waals surface area contributed by atoms with Crippen LogP contribution in [0.25, 0.3) is 33.1 Å². The van der Waals surface area contributed by atoms with Crippen molar-refractivity contribution in [1.29, 1.82) is 0 Å². The van der Waals surface area contributed by atoms with Crippen LogP contribution in [0.5, 0.6) is 0 Å². The van der Waals surface area contributed by atoms with Gasteiger partial charge in [-0.2, -0.15) is 4.57 Å². The van der Waals surface area contributed by atoms with Crippen LogP contribution < -0.4 is 33.4 Å². The number of allylic oxidation sites excluding steroid dienone is 2. The van der Waals surface area contributed by atoms with E-state index in [1.807, 2.05) is 11.3 Å². The average Bonchev–Trinajstić information content (AvgIpc) is 3.02. The maximum Gasteiger partial charge on any atom is 0.262 e. The van der Waals surface area contributed by atoms with Gasteiger partial charge in [-0.05, 0) is 29.1 Å². The first-order valence-corrected chi connectivity index (χ1v) is 9.87. The Bertz CT molecular complexity index is 1150. The zero-order valence-electron chi connectivity index (χ0n) is 16.3. The van der Waals surface area contributed by atoms with Crippen LogP contribution in [0.1, 0.15) is 10.6 Å². The molecule has 0 spiro atoms. The van der Waals surface area contributed by atoms with Gasteiger partial charge in [-0.25, -0.2) is 0 Å². The molecule has 0 atom stereocenters. The highest BCUT2D eigenvalue weighted by atomic mass is 127. The summed E-state index contributed by atoms with van der Waals surface area (Å²) in [6.07, 6.45) is 8.54. The number of aryl methyl sites for hydroxylation is 1. The summed E-state index contributed by atoms with van der Waals surface area (Å²) in [5, 5.41) is 3.86. The first-order valence-electron chi connectivity index (χ1n) is 9.06. The minimum Gasteiger partial charge on any atom is -1.00 e. The zero-order valence-corrected chi connectivity index (χ0v) is 19.2. The molecule has 4 aromatic rings. The van der Waals surface area contributed by atoms with E-state index in [0.29, 0.717) is 0 Å². The molecule has 4 rings (SSSR count). The van der Waals surface area contributed by atoms with Gasteiger partial charge in [0, 0.05) is 37.3 Å². The predicted molar refractivity (Wildman–Crippen MR) is 119 cm³/mol. The maximum absolute atomic E-state index is 2.27. The SMILES string of the molecule is CN(C)c1ccc(C=CC=Cc2sc3c4ccccc4ccc3[n+]2C)cc1.[I-]. The summed E-state index contributed by atoms with van der Waals surface area (Å²) in [6, 6.07) is 21.6. The molecule has 2 nitrogen and oxygen atoms in total. The number of aromatic nitrogens is 1. The molecule has 0 N–H and O–H groups in total. The Morgan fingerprint density at radius 2 is 1.57 bits per heavy atom. The Balaban J connectivity index is 0.00000225. The Hall–Kier alpha value is -2.18. The van der Waals surface area contributed by atoms with Crippen molar-refractivity contribution < 1.29 is 28.5 Å². The second kappa shape index (κ2) is 8.88. The molecule has 142 valence electrons. The number of nitrogens with zero attached hydrogens (tertiary/aromatic N) is 2. The molecule has 0 radical (unpaired) electrons. The number of fused-ring (bicyclic) bond motifs is 3. The summed E-state index contributed by atoms with van der Waals surface area (Å²) in [5.74, 6) is 0. The minimum absolute atomic E-state index is 0. The van der Waals surface area contributed by atoms with Gasteiger partial charge in [0.25, 0.3) is 5.01 Å². The molecule has 0 fully saturated rings. The highest BCUT2D eigenvalue weighted by molar-refractivity contribution is 7.19. The van der Waals surface area contributed by atoms with Crippen LogP contribution in [-0.2, 0) is 7.05 Å². The second-order valence-electron chi connectivity index (χ2n) is 6.84. The van der Waals surface area contributed by atoms with Crippen molar-refractivity contribution in [2.45, 2.75) is 0 Å². The van der Waals surface area contributed by atoms with E-state index < -0.39 is 0 Å². The molecule has 4 heteroatoms. The topological polar surface area (TPSA) is 7.12 Å². The Kier molecular flexibility index (Phi) is 6.52. The van der Waals surface area contributed by atoms with Gasteiger partial charge in [0.05, 0.1) is 0 Å². The zero-order chi connectivity index (χ0) is 18.8. The summed E-state index contributed by atoms with van der Waals surface area (Å²) in [4.78, 5) is 2.11. The van der Waals surface area contributed by atoms with Gasteiger partial charge in [-0.15, -0.1) is 0 Å². The predicted octanol–water partition coefficient (Wildman–Crippen LogP) is 2.68. The number of anilines is 1. The standard InChI is InChI=1S/C24H23N2S.HI/c1-25(2)20-15-12-18(13-16-20)8-4-7-11-23-26(3)22-17-14-19-9-5-6-10-21(19)24(22)27-23;/h4-17H,1-3H3;1H/q+1;/p-1. The molecule has 3 aromatic carbocycles. The van der Waals surface area contributed by atoms with E-state index in [0.717, 1.165) is 0 Å². The number of hydrogen-bond donors (Lipinski definition) is 0. The van der Waals surface area contributed by atoms with Crippen LogP contribution >= 0.6 is 11.3 Å². The van der Waals surface area contributed by atoms with Crippen molar-refractivity contribution in [3.8, 4) is 0 Å². The van der Waals surface area contributed by atoms with Crippen LogP contribution in [0, 0.1) is 0 Å². The van der Waals surface area contributed by atoms with Crippen molar-refractivity contribution in [1.82, 2.24) is 0 Å². The van der Waals surface area contributed by atoms with Crippen molar-refractivity contribution >= 4 is 50.2 Å². The lowest BCUT2D eigenvalue weighted by Crippen LogP contribution is -3.00. The third kappa shape index (κ3) is 4.13. The fourth-order valence-electron chi connectivity index (χ4n) is 3.23. The molecule has 0 saturated heterocycles. The normalized spacial score (nSPS) is 11.5. The Morgan fingerprint density at radius 3 is 2.32 bits per heavy atom. The van der Waals surface area contributed by atoms with Crippen molar-refractivity contribution in [2.24, 2.45) is 7.05 Å². The highest BCUT2D eigenvalue weighted by Gasteiger charge is 2.16. The molecule has 1 aromatic heterocycles. The minimum atomic E-state index is 0. The maximum atomic E-state index is 2.27. The van der Waals surface area contributed by atoms with Crippen LogP contribution in [-0.4, -0.2) is 14.1 Å². The number of rotatable bonds is 4. The first kappa shape index (κ1) is 20.6. The molecule has 0 saturated carbocycles. The Morgan fingerprint density at radius 1 is 0.857 bits per heavy atom. The van der Waals surface area contributed by atoms with E-state index in [1.165, 1.54) is 37.2 Å². The summed E-state index contributed by atoms with van der Waals surface area (Å²) in [6.45, 7) is 0. The number of benzene rings is 3. The van der Waals surface area contributed by atoms with E-state index in [9.17, 15) is 0 Å².